The summed E-state index contributed by atoms with van der Waals surface area (Å²) in [5.74, 6) is -0.0738. The van der Waals surface area contributed by atoms with Crippen molar-refractivity contribution in [2.45, 2.75) is 31.2 Å². The van der Waals surface area contributed by atoms with E-state index in [1.165, 1.54) is 16.7 Å². The quantitative estimate of drug-likeness (QED) is 0.804. The van der Waals surface area contributed by atoms with E-state index in [4.69, 9.17) is 0 Å². The second kappa shape index (κ2) is 7.84. The van der Waals surface area contributed by atoms with Gasteiger partial charge in [0.1, 0.15) is 6.04 Å². The molecule has 6 heteroatoms. The lowest BCUT2D eigenvalue weighted by Crippen LogP contribution is -2.42. The second-order valence-electron chi connectivity index (χ2n) is 7.36. The van der Waals surface area contributed by atoms with Crippen LogP contribution in [0.25, 0.3) is 11.1 Å². The predicted molar refractivity (Wildman–Crippen MR) is 106 cm³/mol. The van der Waals surface area contributed by atoms with Crippen molar-refractivity contribution in [3.05, 3.63) is 60.2 Å². The van der Waals surface area contributed by atoms with Crippen molar-refractivity contribution < 1.29 is 14.4 Å². The average Bonchev–Trinajstić information content (AvgIpc) is 3.05. The number of hydrogen-bond donors (Lipinski definition) is 2. The summed E-state index contributed by atoms with van der Waals surface area (Å²) in [6, 6.07) is 17.7. The van der Waals surface area contributed by atoms with Crippen molar-refractivity contribution in [1.29, 1.82) is 0 Å². The average molecular weight is 377 g/mol. The zero-order valence-corrected chi connectivity index (χ0v) is 15.6. The maximum atomic E-state index is 12.4. The first-order valence-electron chi connectivity index (χ1n) is 9.64. The number of amides is 4. The summed E-state index contributed by atoms with van der Waals surface area (Å²) >= 11 is 0. The molecule has 1 atom stereocenters. The molecule has 2 saturated heterocycles. The number of imide groups is 1. The first-order chi connectivity index (χ1) is 13.6. The Morgan fingerprint density at radius 3 is 2.18 bits per heavy atom. The zero-order chi connectivity index (χ0) is 19.5. The van der Waals surface area contributed by atoms with Crippen LogP contribution in [0.1, 0.15) is 30.7 Å². The Kier molecular flexibility index (Phi) is 5.10. The Morgan fingerprint density at radius 2 is 1.57 bits per heavy atom. The number of likely N-dealkylation sites (tertiary alicyclic amines) is 1. The van der Waals surface area contributed by atoms with Gasteiger partial charge in [-0.1, -0.05) is 54.6 Å². The van der Waals surface area contributed by atoms with E-state index in [9.17, 15) is 14.4 Å². The van der Waals surface area contributed by atoms with E-state index < -0.39 is 18.0 Å². The Bertz CT molecular complexity index is 872. The van der Waals surface area contributed by atoms with Gasteiger partial charge < -0.3 is 10.2 Å². The maximum absolute atomic E-state index is 12.4. The van der Waals surface area contributed by atoms with E-state index in [1.807, 2.05) is 18.2 Å². The van der Waals surface area contributed by atoms with Gasteiger partial charge in [-0.15, -0.1) is 0 Å². The van der Waals surface area contributed by atoms with Crippen LogP contribution >= 0.6 is 0 Å². The molecule has 4 rings (SSSR count). The summed E-state index contributed by atoms with van der Waals surface area (Å²) in [4.78, 5) is 37.0. The summed E-state index contributed by atoms with van der Waals surface area (Å²) in [5, 5.41) is 4.64. The SMILES string of the molecule is O=C1NC(=O)C(CC(=O)N2CCC(c3ccc(-c4ccccc4)cc3)CC2)N1. The van der Waals surface area contributed by atoms with E-state index >= 15 is 0 Å². The topological polar surface area (TPSA) is 78.5 Å². The van der Waals surface area contributed by atoms with Gasteiger partial charge in [-0.2, -0.15) is 0 Å². The Morgan fingerprint density at radius 1 is 0.929 bits per heavy atom. The third kappa shape index (κ3) is 3.91. The smallest absolute Gasteiger partial charge is 0.322 e. The summed E-state index contributed by atoms with van der Waals surface area (Å²) < 4.78 is 0. The molecule has 2 aliphatic rings. The lowest BCUT2D eigenvalue weighted by molar-refractivity contribution is -0.134. The minimum absolute atomic E-state index is 0.0218. The van der Waals surface area contributed by atoms with Crippen LogP contribution in [-0.2, 0) is 9.59 Å². The van der Waals surface area contributed by atoms with Crippen LogP contribution in [0.3, 0.4) is 0 Å². The van der Waals surface area contributed by atoms with Crippen molar-refractivity contribution in [1.82, 2.24) is 15.5 Å². The molecule has 0 spiro atoms. The molecule has 2 N–H and O–H groups in total. The van der Waals surface area contributed by atoms with Crippen molar-refractivity contribution >= 4 is 17.8 Å². The molecule has 2 aliphatic heterocycles. The van der Waals surface area contributed by atoms with Gasteiger partial charge in [-0.3, -0.25) is 14.9 Å². The number of carbonyl (C=O) groups excluding carboxylic acids is 3. The second-order valence-corrected chi connectivity index (χ2v) is 7.36. The number of nitrogens with zero attached hydrogens (tertiary/aromatic N) is 1. The molecule has 6 nitrogen and oxygen atoms in total. The Labute approximate surface area is 163 Å². The number of urea groups is 1. The van der Waals surface area contributed by atoms with Crippen LogP contribution in [0.15, 0.2) is 54.6 Å². The van der Waals surface area contributed by atoms with Gasteiger partial charge in [0.2, 0.25) is 5.91 Å². The number of carbonyl (C=O) groups is 3. The third-order valence-corrected chi connectivity index (χ3v) is 5.57. The number of piperidine rings is 1. The molecule has 2 fully saturated rings. The third-order valence-electron chi connectivity index (χ3n) is 5.57. The predicted octanol–water partition coefficient (Wildman–Crippen LogP) is 2.66. The van der Waals surface area contributed by atoms with Gasteiger partial charge in [0.05, 0.1) is 6.42 Å². The van der Waals surface area contributed by atoms with Crippen LogP contribution in [0.4, 0.5) is 4.79 Å². The molecule has 2 aromatic carbocycles. The largest absolute Gasteiger partial charge is 0.343 e. The fourth-order valence-electron chi connectivity index (χ4n) is 3.95. The number of rotatable bonds is 4. The van der Waals surface area contributed by atoms with Crippen molar-refractivity contribution in [3.63, 3.8) is 0 Å². The minimum atomic E-state index is -0.747. The van der Waals surface area contributed by atoms with Gasteiger partial charge in [0.25, 0.3) is 5.91 Å². The van der Waals surface area contributed by atoms with E-state index in [-0.39, 0.29) is 12.3 Å². The molecule has 1 unspecified atom stereocenters. The van der Waals surface area contributed by atoms with Gasteiger partial charge in [-0.25, -0.2) is 4.79 Å². The molecule has 0 aliphatic carbocycles. The van der Waals surface area contributed by atoms with Crippen molar-refractivity contribution in [2.75, 3.05) is 13.1 Å². The van der Waals surface area contributed by atoms with E-state index in [1.54, 1.807) is 4.90 Å². The highest BCUT2D eigenvalue weighted by molar-refractivity contribution is 6.05. The molecule has 2 heterocycles. The molecular formula is C22H23N3O3. The highest BCUT2D eigenvalue weighted by atomic mass is 16.2. The summed E-state index contributed by atoms with van der Waals surface area (Å²) in [6.45, 7) is 1.35. The van der Waals surface area contributed by atoms with Gasteiger partial charge >= 0.3 is 6.03 Å². The number of hydrogen-bond acceptors (Lipinski definition) is 3. The molecule has 0 aromatic heterocycles. The van der Waals surface area contributed by atoms with Crippen molar-refractivity contribution in [3.8, 4) is 11.1 Å². The molecule has 0 radical (unpaired) electrons. The lowest BCUT2D eigenvalue weighted by atomic mass is 9.88. The normalized spacial score (nSPS) is 20.0. The summed E-state index contributed by atoms with van der Waals surface area (Å²) in [6.07, 6.45) is 1.83. The van der Waals surface area contributed by atoms with Crippen LogP contribution in [-0.4, -0.2) is 41.9 Å². The Balaban J connectivity index is 1.32. The first kappa shape index (κ1) is 18.2. The van der Waals surface area contributed by atoms with Gasteiger partial charge in [-0.05, 0) is 35.4 Å². The molecule has 144 valence electrons. The molecule has 28 heavy (non-hydrogen) atoms. The molecular weight excluding hydrogens is 354 g/mol. The zero-order valence-electron chi connectivity index (χ0n) is 15.6. The van der Waals surface area contributed by atoms with Crippen molar-refractivity contribution in [2.24, 2.45) is 0 Å². The highest BCUT2D eigenvalue weighted by Crippen LogP contribution is 2.30. The van der Waals surface area contributed by atoms with Crippen LogP contribution < -0.4 is 10.6 Å². The fourth-order valence-corrected chi connectivity index (χ4v) is 3.95. The minimum Gasteiger partial charge on any atom is -0.343 e. The summed E-state index contributed by atoms with van der Waals surface area (Å²) in [5.41, 5.74) is 3.71. The first-order valence-corrected chi connectivity index (χ1v) is 9.64. The lowest BCUT2D eigenvalue weighted by Gasteiger charge is -2.32. The molecule has 4 amide bonds. The van der Waals surface area contributed by atoms with E-state index in [2.05, 4.69) is 47.0 Å². The number of benzene rings is 2. The van der Waals surface area contributed by atoms with Crippen LogP contribution in [0.2, 0.25) is 0 Å². The maximum Gasteiger partial charge on any atom is 0.322 e. The standard InChI is InChI=1S/C22H23N3O3/c26-20(14-19-21(27)24-22(28)23-19)25-12-10-18(11-13-25)17-8-6-16(7-9-17)15-4-2-1-3-5-15/h1-9,18-19H,10-14H2,(H2,23,24,27,28). The molecule has 0 bridgehead atoms. The van der Waals surface area contributed by atoms with E-state index in [0.717, 1.165) is 12.8 Å². The van der Waals surface area contributed by atoms with Gasteiger partial charge in [0, 0.05) is 13.1 Å². The van der Waals surface area contributed by atoms with Crippen LogP contribution in [0.5, 0.6) is 0 Å². The fraction of sp³-hybridized carbons (Fsp3) is 0.318. The van der Waals surface area contributed by atoms with Gasteiger partial charge in [0.15, 0.2) is 0 Å². The highest BCUT2D eigenvalue weighted by Gasteiger charge is 2.33. The Hall–Kier alpha value is -3.15. The van der Waals surface area contributed by atoms with E-state index in [0.29, 0.717) is 19.0 Å². The van der Waals surface area contributed by atoms with Crippen LogP contribution in [0, 0.1) is 0 Å². The number of nitrogens with one attached hydrogen (secondary N) is 2. The summed E-state index contributed by atoms with van der Waals surface area (Å²) in [7, 11) is 0. The monoisotopic (exact) mass is 377 g/mol. The molecule has 2 aromatic rings. The molecule has 0 saturated carbocycles.